The van der Waals surface area contributed by atoms with Crippen LogP contribution in [0.25, 0.3) is 0 Å². The molecular weight excluding hydrogens is 543 g/mol. The summed E-state index contributed by atoms with van der Waals surface area (Å²) in [6, 6.07) is 8.36. The average molecular weight is 573 g/mol. The van der Waals surface area contributed by atoms with E-state index in [1.54, 1.807) is 4.31 Å². The number of piperidine rings is 1. The molecule has 6 nitrogen and oxygen atoms in total. The van der Waals surface area contributed by atoms with Gasteiger partial charge in [0.1, 0.15) is 0 Å². The number of hydrogen-bond acceptors (Lipinski definition) is 3. The number of nitrogens with zero attached hydrogens (tertiary/aromatic N) is 2. The quantitative estimate of drug-likeness (QED) is 0.299. The third-order valence-corrected chi connectivity index (χ3v) is 6.93. The highest BCUT2D eigenvalue weighted by Gasteiger charge is 2.27. The number of hydrogen-bond donors (Lipinski definition) is 2. The molecule has 2 rings (SSSR count). The molecular formula is C18H30BrIN4O2S. The van der Waals surface area contributed by atoms with Crippen molar-refractivity contribution in [1.82, 2.24) is 14.9 Å². The molecule has 1 aliphatic heterocycles. The van der Waals surface area contributed by atoms with Crippen molar-refractivity contribution in [2.24, 2.45) is 4.99 Å². The summed E-state index contributed by atoms with van der Waals surface area (Å²) >= 11 is 3.44. The van der Waals surface area contributed by atoms with Crippen molar-refractivity contribution < 1.29 is 8.42 Å². The summed E-state index contributed by atoms with van der Waals surface area (Å²) in [7, 11) is -3.09. The highest BCUT2D eigenvalue weighted by atomic mass is 127. The molecule has 1 aliphatic rings. The maximum absolute atomic E-state index is 12.2. The molecule has 0 unspecified atom stereocenters. The molecule has 1 aromatic rings. The van der Waals surface area contributed by atoms with Crippen LogP contribution in [0.1, 0.15) is 38.7 Å². The summed E-state index contributed by atoms with van der Waals surface area (Å²) in [4.78, 5) is 4.65. The van der Waals surface area contributed by atoms with Crippen LogP contribution in [0.5, 0.6) is 0 Å². The molecule has 2 N–H and O–H groups in total. The van der Waals surface area contributed by atoms with E-state index in [1.807, 2.05) is 38.1 Å². The van der Waals surface area contributed by atoms with Crippen LogP contribution in [-0.2, 0) is 16.6 Å². The summed E-state index contributed by atoms with van der Waals surface area (Å²) in [5, 5.41) is 6.72. The van der Waals surface area contributed by atoms with Crippen LogP contribution in [0, 0.1) is 0 Å². The van der Waals surface area contributed by atoms with E-state index in [0.29, 0.717) is 26.1 Å². The fourth-order valence-electron chi connectivity index (χ4n) is 2.94. The van der Waals surface area contributed by atoms with Crippen molar-refractivity contribution in [3.8, 4) is 0 Å². The van der Waals surface area contributed by atoms with Gasteiger partial charge in [-0.15, -0.1) is 24.0 Å². The summed E-state index contributed by atoms with van der Waals surface area (Å²) in [6.45, 7) is 6.48. The summed E-state index contributed by atoms with van der Waals surface area (Å²) in [5.41, 5.74) is 1.14. The van der Waals surface area contributed by atoms with Gasteiger partial charge >= 0.3 is 0 Å². The number of halogens is 2. The van der Waals surface area contributed by atoms with Gasteiger partial charge in [-0.05, 0) is 43.9 Å². The molecule has 0 atom stereocenters. The second-order valence-electron chi connectivity index (χ2n) is 6.46. The third-order valence-electron chi connectivity index (χ3n) is 4.33. The summed E-state index contributed by atoms with van der Waals surface area (Å²) in [6.07, 6.45) is 2.26. The highest BCUT2D eigenvalue weighted by molar-refractivity contribution is 14.0. The van der Waals surface area contributed by atoms with Gasteiger partial charge in [0, 0.05) is 30.1 Å². The maximum Gasteiger partial charge on any atom is 0.214 e. The van der Waals surface area contributed by atoms with E-state index < -0.39 is 10.0 Å². The lowest BCUT2D eigenvalue weighted by Crippen LogP contribution is -2.50. The van der Waals surface area contributed by atoms with Crippen LogP contribution in [-0.4, -0.2) is 50.1 Å². The lowest BCUT2D eigenvalue weighted by Gasteiger charge is -2.32. The zero-order valence-electron chi connectivity index (χ0n) is 15.9. The van der Waals surface area contributed by atoms with Gasteiger partial charge in [-0.1, -0.05) is 35.0 Å². The Balaban J connectivity index is 0.00000364. The first-order chi connectivity index (χ1) is 12.4. The molecule has 27 heavy (non-hydrogen) atoms. The second kappa shape index (κ2) is 12.2. The topological polar surface area (TPSA) is 73.8 Å². The Morgan fingerprint density at radius 1 is 1.22 bits per heavy atom. The molecule has 0 aromatic heterocycles. The molecule has 0 spiro atoms. The van der Waals surface area contributed by atoms with Crippen molar-refractivity contribution in [2.75, 3.05) is 25.4 Å². The standard InChI is InChI=1S/C18H29BrN4O2S.HI/c1-3-13-26(24,25)23-11-9-17(10-12-23)22-18(20-4-2)21-14-15-5-7-16(19)8-6-15;/h5-8,17H,3-4,9-14H2,1-2H3,(H2,20,21,22);1H. The first kappa shape index (κ1) is 24.6. The average Bonchev–Trinajstić information content (AvgIpc) is 2.62. The minimum Gasteiger partial charge on any atom is -0.357 e. The normalized spacial score (nSPS) is 16.6. The van der Waals surface area contributed by atoms with Gasteiger partial charge in [0.25, 0.3) is 0 Å². The molecule has 0 radical (unpaired) electrons. The zero-order valence-corrected chi connectivity index (χ0v) is 20.7. The molecule has 154 valence electrons. The molecule has 1 fully saturated rings. The van der Waals surface area contributed by atoms with Gasteiger partial charge in [-0.3, -0.25) is 0 Å². The smallest absolute Gasteiger partial charge is 0.214 e. The fraction of sp³-hybridized carbons (Fsp3) is 0.611. The van der Waals surface area contributed by atoms with Gasteiger partial charge in [0.05, 0.1) is 12.3 Å². The van der Waals surface area contributed by atoms with Crippen molar-refractivity contribution in [1.29, 1.82) is 0 Å². The Hall–Kier alpha value is -0.390. The van der Waals surface area contributed by atoms with Gasteiger partial charge in [-0.25, -0.2) is 17.7 Å². The van der Waals surface area contributed by atoms with Crippen molar-refractivity contribution in [3.05, 3.63) is 34.3 Å². The number of guanidine groups is 1. The lowest BCUT2D eigenvalue weighted by atomic mass is 10.1. The number of sulfonamides is 1. The van der Waals surface area contributed by atoms with Gasteiger partial charge in [-0.2, -0.15) is 0 Å². The van der Waals surface area contributed by atoms with E-state index in [4.69, 9.17) is 0 Å². The molecule has 0 aliphatic carbocycles. The highest BCUT2D eigenvalue weighted by Crippen LogP contribution is 2.15. The molecule has 0 saturated carbocycles. The first-order valence-corrected chi connectivity index (χ1v) is 11.6. The Bertz CT molecular complexity index is 690. The van der Waals surface area contributed by atoms with Crippen LogP contribution in [0.15, 0.2) is 33.7 Å². The number of benzene rings is 1. The molecule has 0 amide bonds. The molecule has 1 heterocycles. The predicted molar refractivity (Wildman–Crippen MR) is 126 cm³/mol. The maximum atomic E-state index is 12.2. The lowest BCUT2D eigenvalue weighted by molar-refractivity contribution is 0.306. The number of nitrogens with one attached hydrogen (secondary N) is 2. The number of rotatable bonds is 7. The molecule has 0 bridgehead atoms. The van der Waals surface area contributed by atoms with Crippen LogP contribution in [0.4, 0.5) is 0 Å². The van der Waals surface area contributed by atoms with E-state index in [1.165, 1.54) is 0 Å². The van der Waals surface area contributed by atoms with Crippen LogP contribution < -0.4 is 10.6 Å². The van der Waals surface area contributed by atoms with Crippen molar-refractivity contribution in [3.63, 3.8) is 0 Å². The Kier molecular flexibility index (Phi) is 11.2. The monoisotopic (exact) mass is 572 g/mol. The van der Waals surface area contributed by atoms with E-state index in [2.05, 4.69) is 31.6 Å². The Labute approximate surface area is 188 Å². The Morgan fingerprint density at radius 3 is 2.41 bits per heavy atom. The predicted octanol–water partition coefficient (Wildman–Crippen LogP) is 3.33. The van der Waals surface area contributed by atoms with Crippen LogP contribution in [0.2, 0.25) is 0 Å². The van der Waals surface area contributed by atoms with Gasteiger partial charge in [0.2, 0.25) is 10.0 Å². The van der Waals surface area contributed by atoms with Crippen molar-refractivity contribution >= 4 is 55.9 Å². The zero-order chi connectivity index (χ0) is 19.0. The largest absolute Gasteiger partial charge is 0.357 e. The molecule has 9 heteroatoms. The third kappa shape index (κ3) is 8.25. The van der Waals surface area contributed by atoms with Crippen LogP contribution in [0.3, 0.4) is 0 Å². The van der Waals surface area contributed by atoms with E-state index in [9.17, 15) is 8.42 Å². The molecule has 1 aromatic carbocycles. The minimum absolute atomic E-state index is 0. The SMILES string of the molecule is CCCS(=O)(=O)N1CCC(NC(=NCc2ccc(Br)cc2)NCC)CC1.I. The van der Waals surface area contributed by atoms with E-state index in [0.717, 1.165) is 35.4 Å². The Morgan fingerprint density at radius 2 is 1.85 bits per heavy atom. The number of aliphatic imine (C=N–C) groups is 1. The summed E-state index contributed by atoms with van der Waals surface area (Å²) in [5.74, 6) is 1.02. The van der Waals surface area contributed by atoms with E-state index in [-0.39, 0.29) is 35.8 Å². The molecule has 1 saturated heterocycles. The fourth-order valence-corrected chi connectivity index (χ4v) is 4.74. The van der Waals surface area contributed by atoms with E-state index >= 15 is 0 Å². The van der Waals surface area contributed by atoms with Crippen LogP contribution >= 0.6 is 39.9 Å². The van der Waals surface area contributed by atoms with Crippen molar-refractivity contribution in [2.45, 2.75) is 45.7 Å². The summed E-state index contributed by atoms with van der Waals surface area (Å²) < 4.78 is 27.0. The second-order valence-corrected chi connectivity index (χ2v) is 9.46. The minimum atomic E-state index is -3.09. The van der Waals surface area contributed by atoms with Gasteiger partial charge < -0.3 is 10.6 Å². The first-order valence-electron chi connectivity index (χ1n) is 9.21. The van der Waals surface area contributed by atoms with Gasteiger partial charge in [0.15, 0.2) is 5.96 Å².